The zero-order chi connectivity index (χ0) is 18.9. The van der Waals surface area contributed by atoms with E-state index in [0.717, 1.165) is 44.7 Å². The summed E-state index contributed by atoms with van der Waals surface area (Å²) in [5.74, 6) is 1.71. The number of hydrogen-bond acceptors (Lipinski definition) is 3. The molecule has 27 heavy (non-hydrogen) atoms. The lowest BCUT2D eigenvalue weighted by atomic mass is 9.96. The third kappa shape index (κ3) is 5.82. The molecule has 1 aliphatic rings. The van der Waals surface area contributed by atoms with Crippen LogP contribution in [0, 0.1) is 5.92 Å². The Balaban J connectivity index is 1.53. The van der Waals surface area contributed by atoms with Crippen LogP contribution in [0.4, 0.5) is 0 Å². The molecule has 1 aromatic carbocycles. The van der Waals surface area contributed by atoms with Gasteiger partial charge in [-0.2, -0.15) is 5.10 Å². The first-order valence-electron chi connectivity index (χ1n) is 9.80. The van der Waals surface area contributed by atoms with Crippen molar-refractivity contribution in [2.45, 2.75) is 32.4 Å². The van der Waals surface area contributed by atoms with E-state index in [-0.39, 0.29) is 0 Å². The molecule has 6 heteroatoms. The van der Waals surface area contributed by atoms with Gasteiger partial charge in [0.25, 0.3) is 0 Å². The Hall–Kier alpha value is -2.34. The quantitative estimate of drug-likeness (QED) is 0.602. The Kier molecular flexibility index (Phi) is 7.27. The van der Waals surface area contributed by atoms with Crippen molar-refractivity contribution in [3.05, 3.63) is 53.9 Å². The minimum absolute atomic E-state index is 0.756. The molecule has 1 aliphatic heterocycles. The van der Waals surface area contributed by atoms with Gasteiger partial charge in [-0.05, 0) is 42.4 Å². The lowest BCUT2D eigenvalue weighted by Gasteiger charge is -2.27. The Labute approximate surface area is 162 Å². The predicted octanol–water partition coefficient (Wildman–Crippen LogP) is 2.76. The average molecular weight is 370 g/mol. The van der Waals surface area contributed by atoms with E-state index >= 15 is 0 Å². The normalized spacial score (nSPS) is 15.7. The highest BCUT2D eigenvalue weighted by atomic mass is 16.5. The molecule has 3 rings (SSSR count). The molecule has 1 N–H and O–H groups in total. The summed E-state index contributed by atoms with van der Waals surface area (Å²) in [6.45, 7) is 4.37. The molecule has 1 fully saturated rings. The van der Waals surface area contributed by atoms with Gasteiger partial charge in [-0.25, -0.2) is 0 Å². The van der Waals surface area contributed by atoms with Gasteiger partial charge in [-0.15, -0.1) is 0 Å². The van der Waals surface area contributed by atoms with Crippen LogP contribution in [0.3, 0.4) is 0 Å². The maximum atomic E-state index is 5.46. The minimum atomic E-state index is 0.756. The van der Waals surface area contributed by atoms with Crippen LogP contribution in [0.2, 0.25) is 0 Å². The van der Waals surface area contributed by atoms with Crippen LogP contribution in [-0.2, 0) is 17.8 Å². The zero-order valence-corrected chi connectivity index (χ0v) is 16.5. The standard InChI is InChI=1S/C21H31N5O/c1-22-21(25(2)13-8-18-9-14-27-15-10-18)23-16-19-6-3-4-7-20(19)17-26-12-5-11-24-26/h3-7,11-12,18H,8-10,13-17H2,1-2H3,(H,22,23). The molecule has 1 aromatic heterocycles. The SMILES string of the molecule is CN=C(NCc1ccccc1Cn1cccn1)N(C)CCC1CCOCC1. The lowest BCUT2D eigenvalue weighted by Crippen LogP contribution is -2.39. The highest BCUT2D eigenvalue weighted by Crippen LogP contribution is 2.18. The van der Waals surface area contributed by atoms with E-state index in [0.29, 0.717) is 0 Å². The number of guanidine groups is 1. The number of nitrogens with zero attached hydrogens (tertiary/aromatic N) is 4. The van der Waals surface area contributed by atoms with Crippen LogP contribution >= 0.6 is 0 Å². The number of nitrogens with one attached hydrogen (secondary N) is 1. The molecule has 2 aromatic rings. The minimum Gasteiger partial charge on any atom is -0.381 e. The van der Waals surface area contributed by atoms with Crippen molar-refractivity contribution in [3.63, 3.8) is 0 Å². The monoisotopic (exact) mass is 369 g/mol. The van der Waals surface area contributed by atoms with Gasteiger partial charge in [0.05, 0.1) is 6.54 Å². The van der Waals surface area contributed by atoms with E-state index < -0.39 is 0 Å². The second kappa shape index (κ2) is 10.1. The smallest absolute Gasteiger partial charge is 0.193 e. The first kappa shape index (κ1) is 19.4. The fraction of sp³-hybridized carbons (Fsp3) is 0.524. The van der Waals surface area contributed by atoms with Crippen molar-refractivity contribution in [1.82, 2.24) is 20.0 Å². The van der Waals surface area contributed by atoms with E-state index in [2.05, 4.69) is 51.6 Å². The summed E-state index contributed by atoms with van der Waals surface area (Å²) in [6.07, 6.45) is 7.36. The van der Waals surface area contributed by atoms with Gasteiger partial charge < -0.3 is 15.0 Å². The maximum Gasteiger partial charge on any atom is 0.193 e. The number of aliphatic imine (C=N–C) groups is 1. The van der Waals surface area contributed by atoms with Crippen LogP contribution in [0.1, 0.15) is 30.4 Å². The summed E-state index contributed by atoms with van der Waals surface area (Å²) < 4.78 is 7.41. The Morgan fingerprint density at radius 2 is 2.04 bits per heavy atom. The highest BCUT2D eigenvalue weighted by Gasteiger charge is 2.15. The first-order valence-corrected chi connectivity index (χ1v) is 9.80. The molecule has 0 aliphatic carbocycles. The summed E-state index contributed by atoms with van der Waals surface area (Å²) in [4.78, 5) is 6.69. The molecule has 0 bridgehead atoms. The fourth-order valence-corrected chi connectivity index (χ4v) is 3.53. The van der Waals surface area contributed by atoms with Gasteiger partial charge in [-0.3, -0.25) is 9.67 Å². The van der Waals surface area contributed by atoms with E-state index in [4.69, 9.17) is 4.74 Å². The highest BCUT2D eigenvalue weighted by molar-refractivity contribution is 5.79. The van der Waals surface area contributed by atoms with Gasteiger partial charge in [0.1, 0.15) is 0 Å². The Bertz CT molecular complexity index is 707. The second-order valence-corrected chi connectivity index (χ2v) is 7.14. The molecule has 0 radical (unpaired) electrons. The largest absolute Gasteiger partial charge is 0.381 e. The second-order valence-electron chi connectivity index (χ2n) is 7.14. The molecule has 6 nitrogen and oxygen atoms in total. The van der Waals surface area contributed by atoms with Gasteiger partial charge >= 0.3 is 0 Å². The number of benzene rings is 1. The van der Waals surface area contributed by atoms with Gasteiger partial charge in [0.2, 0.25) is 0 Å². The summed E-state index contributed by atoms with van der Waals surface area (Å²) in [7, 11) is 3.97. The van der Waals surface area contributed by atoms with Crippen molar-refractivity contribution >= 4 is 5.96 Å². The van der Waals surface area contributed by atoms with E-state index in [1.54, 1.807) is 0 Å². The van der Waals surface area contributed by atoms with E-state index in [1.807, 2.05) is 30.2 Å². The molecule has 0 atom stereocenters. The molecule has 146 valence electrons. The number of rotatable bonds is 7. The van der Waals surface area contributed by atoms with Crippen molar-refractivity contribution in [2.75, 3.05) is 33.9 Å². The van der Waals surface area contributed by atoms with Gasteiger partial charge in [0, 0.05) is 52.8 Å². The molecule has 0 amide bonds. The van der Waals surface area contributed by atoms with Crippen LogP contribution in [0.15, 0.2) is 47.7 Å². The molecule has 1 saturated heterocycles. The third-order valence-corrected chi connectivity index (χ3v) is 5.23. The molecule has 2 heterocycles. The molecule has 0 saturated carbocycles. The maximum absolute atomic E-state index is 5.46. The molecular weight excluding hydrogens is 338 g/mol. The summed E-state index contributed by atoms with van der Waals surface area (Å²) in [6, 6.07) is 10.5. The van der Waals surface area contributed by atoms with Crippen LogP contribution in [0.25, 0.3) is 0 Å². The Morgan fingerprint density at radius 3 is 2.74 bits per heavy atom. The van der Waals surface area contributed by atoms with Gasteiger partial charge in [-0.1, -0.05) is 24.3 Å². The molecule has 0 spiro atoms. The number of hydrogen-bond donors (Lipinski definition) is 1. The Morgan fingerprint density at radius 1 is 1.26 bits per heavy atom. The van der Waals surface area contributed by atoms with Crippen LogP contribution in [-0.4, -0.2) is 54.5 Å². The summed E-state index contributed by atoms with van der Waals surface area (Å²) in [5.41, 5.74) is 2.54. The first-order chi connectivity index (χ1) is 13.3. The zero-order valence-electron chi connectivity index (χ0n) is 16.5. The van der Waals surface area contributed by atoms with E-state index in [9.17, 15) is 0 Å². The predicted molar refractivity (Wildman–Crippen MR) is 109 cm³/mol. The van der Waals surface area contributed by atoms with Gasteiger partial charge in [0.15, 0.2) is 5.96 Å². The average Bonchev–Trinajstić information content (AvgIpc) is 3.22. The fourth-order valence-electron chi connectivity index (χ4n) is 3.53. The molecular formula is C21H31N5O. The van der Waals surface area contributed by atoms with E-state index in [1.165, 1.54) is 30.4 Å². The van der Waals surface area contributed by atoms with Crippen molar-refractivity contribution < 1.29 is 4.74 Å². The molecule has 0 unspecified atom stereocenters. The summed E-state index contributed by atoms with van der Waals surface area (Å²) in [5, 5.41) is 7.83. The summed E-state index contributed by atoms with van der Waals surface area (Å²) >= 11 is 0. The van der Waals surface area contributed by atoms with Crippen LogP contribution < -0.4 is 5.32 Å². The van der Waals surface area contributed by atoms with Crippen LogP contribution in [0.5, 0.6) is 0 Å². The lowest BCUT2D eigenvalue weighted by molar-refractivity contribution is 0.0625. The van der Waals surface area contributed by atoms with Crippen molar-refractivity contribution in [2.24, 2.45) is 10.9 Å². The number of aromatic nitrogens is 2. The third-order valence-electron chi connectivity index (χ3n) is 5.23. The van der Waals surface area contributed by atoms with Crippen molar-refractivity contribution in [3.8, 4) is 0 Å². The van der Waals surface area contributed by atoms with Crippen molar-refractivity contribution in [1.29, 1.82) is 0 Å². The topological polar surface area (TPSA) is 54.7 Å². The number of ether oxygens (including phenoxy) is 1.